The minimum Gasteiger partial charge on any atom is -0.481 e. The molecule has 0 aliphatic carbocycles. The smallest absolute Gasteiger partial charge is 0.303 e. The number of aromatic nitrogens is 1. The molecule has 0 unspecified atom stereocenters. The zero-order chi connectivity index (χ0) is 12.3. The molecule has 0 aliphatic rings. The predicted molar refractivity (Wildman–Crippen MR) is 67.1 cm³/mol. The lowest BCUT2D eigenvalue weighted by Gasteiger charge is -2.03. The van der Waals surface area contributed by atoms with Gasteiger partial charge in [-0.1, -0.05) is 12.1 Å². The molecule has 3 nitrogen and oxygen atoms in total. The molecule has 0 saturated carbocycles. The lowest BCUT2D eigenvalue weighted by molar-refractivity contribution is -0.137. The summed E-state index contributed by atoms with van der Waals surface area (Å²) in [5.74, 6) is -0.733. The Morgan fingerprint density at radius 1 is 1.29 bits per heavy atom. The fraction of sp³-hybridized carbons (Fsp3) is 0.286. The molecule has 0 atom stereocenters. The van der Waals surface area contributed by atoms with Crippen LogP contribution in [0.5, 0.6) is 0 Å². The second-order valence-electron chi connectivity index (χ2n) is 4.25. The van der Waals surface area contributed by atoms with Crippen molar-refractivity contribution in [3.8, 4) is 0 Å². The first-order valence-electron chi connectivity index (χ1n) is 5.72. The molecular formula is C14H15NO2. The van der Waals surface area contributed by atoms with Gasteiger partial charge in [0.15, 0.2) is 0 Å². The first-order chi connectivity index (χ1) is 8.15. The summed E-state index contributed by atoms with van der Waals surface area (Å²) in [6, 6.07) is 8.27. The van der Waals surface area contributed by atoms with E-state index in [1.54, 1.807) is 0 Å². The van der Waals surface area contributed by atoms with E-state index >= 15 is 0 Å². The van der Waals surface area contributed by atoms with Crippen molar-refractivity contribution in [3.05, 3.63) is 41.7 Å². The van der Waals surface area contributed by atoms with Crippen molar-refractivity contribution in [1.82, 2.24) is 4.98 Å². The van der Waals surface area contributed by atoms with Crippen LogP contribution < -0.4 is 0 Å². The highest BCUT2D eigenvalue weighted by Gasteiger charge is 2.00. The molecule has 1 heterocycles. The highest BCUT2D eigenvalue weighted by molar-refractivity contribution is 5.82. The number of carboxylic acids is 1. The Hall–Kier alpha value is -1.90. The van der Waals surface area contributed by atoms with Gasteiger partial charge in [0.05, 0.1) is 0 Å². The Labute approximate surface area is 100 Å². The van der Waals surface area contributed by atoms with Gasteiger partial charge in [-0.15, -0.1) is 0 Å². The minimum atomic E-state index is -0.733. The average Bonchev–Trinajstić information content (AvgIpc) is 2.29. The summed E-state index contributed by atoms with van der Waals surface area (Å²) in [5, 5.41) is 10.9. The lowest BCUT2D eigenvalue weighted by atomic mass is 10.0. The molecule has 3 heteroatoms. The number of hydrogen-bond donors (Lipinski definition) is 1. The standard InChI is InChI=1S/C14H15NO2/c1-10-7-12-6-5-11(3-2-4-14(16)17)8-13(12)9-15-10/h5-9H,2-4H2,1H3,(H,16,17). The summed E-state index contributed by atoms with van der Waals surface area (Å²) in [7, 11) is 0. The summed E-state index contributed by atoms with van der Waals surface area (Å²) in [6.07, 6.45) is 3.58. The molecular weight excluding hydrogens is 214 g/mol. The zero-order valence-corrected chi connectivity index (χ0v) is 9.81. The van der Waals surface area contributed by atoms with Gasteiger partial charge in [-0.05, 0) is 42.8 Å². The molecule has 0 spiro atoms. The van der Waals surface area contributed by atoms with Gasteiger partial charge in [-0.25, -0.2) is 0 Å². The molecule has 0 bridgehead atoms. The van der Waals surface area contributed by atoms with Crippen molar-refractivity contribution in [1.29, 1.82) is 0 Å². The van der Waals surface area contributed by atoms with Crippen molar-refractivity contribution < 1.29 is 9.90 Å². The van der Waals surface area contributed by atoms with Crippen LogP contribution in [0.1, 0.15) is 24.1 Å². The number of hydrogen-bond acceptors (Lipinski definition) is 2. The van der Waals surface area contributed by atoms with Gasteiger partial charge < -0.3 is 5.11 Å². The van der Waals surface area contributed by atoms with Crippen LogP contribution in [0.3, 0.4) is 0 Å². The fourth-order valence-electron chi connectivity index (χ4n) is 1.90. The Kier molecular flexibility index (Phi) is 3.38. The van der Waals surface area contributed by atoms with Crippen molar-refractivity contribution in [2.45, 2.75) is 26.2 Å². The number of aliphatic carboxylic acids is 1. The third-order valence-corrected chi connectivity index (χ3v) is 2.78. The number of pyridine rings is 1. The maximum atomic E-state index is 10.4. The Morgan fingerprint density at radius 3 is 2.88 bits per heavy atom. The molecule has 0 saturated heterocycles. The number of nitrogens with zero attached hydrogens (tertiary/aromatic N) is 1. The molecule has 0 amide bonds. The normalized spacial score (nSPS) is 10.6. The number of rotatable bonds is 4. The summed E-state index contributed by atoms with van der Waals surface area (Å²) in [4.78, 5) is 14.7. The van der Waals surface area contributed by atoms with E-state index in [0.29, 0.717) is 6.42 Å². The summed E-state index contributed by atoms with van der Waals surface area (Å²) >= 11 is 0. The maximum absolute atomic E-state index is 10.4. The van der Waals surface area contributed by atoms with Gasteiger partial charge in [0.1, 0.15) is 0 Å². The Morgan fingerprint density at radius 2 is 2.12 bits per heavy atom. The number of benzene rings is 1. The first kappa shape index (κ1) is 11.6. The van der Waals surface area contributed by atoms with E-state index in [1.165, 1.54) is 10.9 Å². The second kappa shape index (κ2) is 4.95. The van der Waals surface area contributed by atoms with E-state index < -0.39 is 5.97 Å². The van der Waals surface area contributed by atoms with Crippen molar-refractivity contribution in [2.24, 2.45) is 0 Å². The molecule has 1 aromatic carbocycles. The molecule has 1 aromatic heterocycles. The van der Waals surface area contributed by atoms with Crippen molar-refractivity contribution in [2.75, 3.05) is 0 Å². The van der Waals surface area contributed by atoms with Gasteiger partial charge >= 0.3 is 5.97 Å². The molecule has 17 heavy (non-hydrogen) atoms. The number of carbonyl (C=O) groups is 1. The molecule has 0 fully saturated rings. The third-order valence-electron chi connectivity index (χ3n) is 2.78. The van der Waals surface area contributed by atoms with E-state index in [4.69, 9.17) is 5.11 Å². The van der Waals surface area contributed by atoms with E-state index in [-0.39, 0.29) is 6.42 Å². The molecule has 88 valence electrons. The van der Waals surface area contributed by atoms with Crippen LogP contribution in [-0.4, -0.2) is 16.1 Å². The van der Waals surface area contributed by atoms with Gasteiger partial charge in [0, 0.05) is 23.7 Å². The van der Waals surface area contributed by atoms with E-state index in [2.05, 4.69) is 29.2 Å². The van der Waals surface area contributed by atoms with Crippen LogP contribution in [0.4, 0.5) is 0 Å². The molecule has 0 radical (unpaired) electrons. The highest BCUT2D eigenvalue weighted by atomic mass is 16.4. The quantitative estimate of drug-likeness (QED) is 0.876. The topological polar surface area (TPSA) is 50.2 Å². The average molecular weight is 229 g/mol. The second-order valence-corrected chi connectivity index (χ2v) is 4.25. The van der Waals surface area contributed by atoms with E-state index in [0.717, 1.165) is 17.5 Å². The largest absolute Gasteiger partial charge is 0.481 e. The minimum absolute atomic E-state index is 0.226. The maximum Gasteiger partial charge on any atom is 0.303 e. The van der Waals surface area contributed by atoms with E-state index in [1.807, 2.05) is 13.1 Å². The van der Waals surface area contributed by atoms with Gasteiger partial charge in [-0.3, -0.25) is 9.78 Å². The van der Waals surface area contributed by atoms with E-state index in [9.17, 15) is 4.79 Å². The number of fused-ring (bicyclic) bond motifs is 1. The van der Waals surface area contributed by atoms with Crippen LogP contribution in [0, 0.1) is 6.92 Å². The van der Waals surface area contributed by atoms with Gasteiger partial charge in [-0.2, -0.15) is 0 Å². The highest BCUT2D eigenvalue weighted by Crippen LogP contribution is 2.17. The van der Waals surface area contributed by atoms with Crippen molar-refractivity contribution in [3.63, 3.8) is 0 Å². The van der Waals surface area contributed by atoms with Crippen molar-refractivity contribution >= 4 is 16.7 Å². The lowest BCUT2D eigenvalue weighted by Crippen LogP contribution is -1.95. The Balaban J connectivity index is 2.14. The molecule has 1 N–H and O–H groups in total. The van der Waals surface area contributed by atoms with Crippen LogP contribution in [0.15, 0.2) is 30.5 Å². The van der Waals surface area contributed by atoms with Crippen LogP contribution >= 0.6 is 0 Å². The third kappa shape index (κ3) is 3.03. The number of aryl methyl sites for hydroxylation is 2. The zero-order valence-electron chi connectivity index (χ0n) is 9.81. The predicted octanol–water partition coefficient (Wildman–Crippen LogP) is 2.95. The molecule has 0 aliphatic heterocycles. The van der Waals surface area contributed by atoms with Gasteiger partial charge in [0.25, 0.3) is 0 Å². The summed E-state index contributed by atoms with van der Waals surface area (Å²) < 4.78 is 0. The summed E-state index contributed by atoms with van der Waals surface area (Å²) in [5.41, 5.74) is 2.18. The molecule has 2 rings (SSSR count). The van der Waals surface area contributed by atoms with Crippen LogP contribution in [0.25, 0.3) is 10.8 Å². The monoisotopic (exact) mass is 229 g/mol. The first-order valence-corrected chi connectivity index (χ1v) is 5.72. The number of carboxylic acid groups (broad SMARTS) is 1. The van der Waals surface area contributed by atoms with Gasteiger partial charge in [0.2, 0.25) is 0 Å². The van der Waals surface area contributed by atoms with Crippen LogP contribution in [0.2, 0.25) is 0 Å². The fourth-order valence-corrected chi connectivity index (χ4v) is 1.90. The van der Waals surface area contributed by atoms with Crippen LogP contribution in [-0.2, 0) is 11.2 Å². The summed E-state index contributed by atoms with van der Waals surface area (Å²) in [6.45, 7) is 1.97. The molecule has 2 aromatic rings. The SMILES string of the molecule is Cc1cc2ccc(CCCC(=O)O)cc2cn1. The Bertz CT molecular complexity index is 549.